The van der Waals surface area contributed by atoms with Gasteiger partial charge in [0.15, 0.2) is 8.68 Å². The van der Waals surface area contributed by atoms with E-state index < -0.39 is 0 Å². The van der Waals surface area contributed by atoms with Crippen LogP contribution in [0.3, 0.4) is 0 Å². The number of hydrogen-bond donors (Lipinski definition) is 1. The number of hydrazone groups is 1. The molecule has 0 radical (unpaired) electrons. The second kappa shape index (κ2) is 11.9. The summed E-state index contributed by atoms with van der Waals surface area (Å²) in [5, 5.41) is 13.0. The van der Waals surface area contributed by atoms with E-state index in [2.05, 4.69) is 20.7 Å². The third-order valence-electron chi connectivity index (χ3n) is 3.86. The molecule has 162 valence electrons. The van der Waals surface area contributed by atoms with Crippen molar-refractivity contribution in [3.05, 3.63) is 58.6 Å². The van der Waals surface area contributed by atoms with Gasteiger partial charge in [-0.1, -0.05) is 64.7 Å². The van der Waals surface area contributed by atoms with Gasteiger partial charge in [-0.25, -0.2) is 5.43 Å². The van der Waals surface area contributed by atoms with Crippen LogP contribution in [-0.2, 0) is 10.5 Å². The van der Waals surface area contributed by atoms with Crippen LogP contribution < -0.4 is 14.9 Å². The summed E-state index contributed by atoms with van der Waals surface area (Å²) in [4.78, 5) is 12.1. The molecule has 0 aliphatic rings. The number of ether oxygens (including phenoxy) is 2. The van der Waals surface area contributed by atoms with E-state index in [4.69, 9.17) is 21.1 Å². The van der Waals surface area contributed by atoms with Gasteiger partial charge in [-0.05, 0) is 23.8 Å². The normalized spacial score (nSPS) is 10.9. The number of aromatic nitrogens is 2. The fourth-order valence-corrected chi connectivity index (χ4v) is 5.43. The monoisotopic (exact) mass is 494 g/mol. The second-order valence-corrected chi connectivity index (χ2v) is 9.73. The van der Waals surface area contributed by atoms with Crippen LogP contribution in [0.4, 0.5) is 0 Å². The maximum Gasteiger partial charge on any atom is 0.250 e. The van der Waals surface area contributed by atoms with Crippen LogP contribution in [0.25, 0.3) is 0 Å². The first-order valence-corrected chi connectivity index (χ1v) is 12.1. The Morgan fingerprint density at radius 3 is 2.68 bits per heavy atom. The van der Waals surface area contributed by atoms with Crippen molar-refractivity contribution in [1.29, 1.82) is 0 Å². The van der Waals surface area contributed by atoms with Crippen molar-refractivity contribution in [2.75, 3.05) is 20.0 Å². The molecule has 3 rings (SSSR count). The number of halogens is 1. The summed E-state index contributed by atoms with van der Waals surface area (Å²) in [5.41, 5.74) is 4.27. The zero-order chi connectivity index (χ0) is 22.1. The maximum atomic E-state index is 12.1. The van der Waals surface area contributed by atoms with Crippen LogP contribution in [0.5, 0.6) is 11.5 Å². The van der Waals surface area contributed by atoms with Gasteiger partial charge < -0.3 is 9.47 Å². The van der Waals surface area contributed by atoms with Crippen molar-refractivity contribution >= 4 is 58.6 Å². The maximum absolute atomic E-state index is 12.1. The Balaban J connectivity index is 1.45. The molecule has 0 unspecified atom stereocenters. The van der Waals surface area contributed by atoms with Crippen molar-refractivity contribution in [2.24, 2.45) is 5.10 Å². The Labute approximate surface area is 197 Å². The number of amides is 1. The van der Waals surface area contributed by atoms with Crippen LogP contribution in [0, 0.1) is 0 Å². The summed E-state index contributed by atoms with van der Waals surface area (Å²) >= 11 is 10.5. The Bertz CT molecular complexity index is 1060. The van der Waals surface area contributed by atoms with Crippen molar-refractivity contribution in [2.45, 2.75) is 14.4 Å². The van der Waals surface area contributed by atoms with Gasteiger partial charge in [-0.15, -0.1) is 10.2 Å². The van der Waals surface area contributed by atoms with Crippen molar-refractivity contribution < 1.29 is 14.3 Å². The lowest BCUT2D eigenvalue weighted by Gasteiger charge is -2.06. The smallest absolute Gasteiger partial charge is 0.250 e. The lowest BCUT2D eigenvalue weighted by molar-refractivity contribution is -0.118. The third kappa shape index (κ3) is 7.13. The molecular formula is C20H19ClN4O3S3. The predicted molar refractivity (Wildman–Crippen MR) is 127 cm³/mol. The van der Waals surface area contributed by atoms with Gasteiger partial charge in [0.2, 0.25) is 0 Å². The first-order chi connectivity index (χ1) is 15.1. The molecule has 0 fully saturated rings. The number of nitrogens with one attached hydrogen (secondary N) is 1. The van der Waals surface area contributed by atoms with E-state index in [9.17, 15) is 4.79 Å². The molecule has 0 atom stereocenters. The third-order valence-corrected chi connectivity index (χ3v) is 7.46. The summed E-state index contributed by atoms with van der Waals surface area (Å²) in [5.74, 6) is 1.93. The van der Waals surface area contributed by atoms with E-state index in [1.54, 1.807) is 44.2 Å². The van der Waals surface area contributed by atoms with Crippen LogP contribution >= 0.6 is 46.5 Å². The summed E-state index contributed by atoms with van der Waals surface area (Å²) in [6.45, 7) is 0. The lowest BCUT2D eigenvalue weighted by Crippen LogP contribution is -2.19. The van der Waals surface area contributed by atoms with Gasteiger partial charge in [0.05, 0.1) is 26.2 Å². The molecule has 1 heterocycles. The molecular weight excluding hydrogens is 476 g/mol. The van der Waals surface area contributed by atoms with Crippen molar-refractivity contribution in [3.63, 3.8) is 0 Å². The highest BCUT2D eigenvalue weighted by molar-refractivity contribution is 8.03. The number of methoxy groups -OCH3 is 2. The van der Waals surface area contributed by atoms with Gasteiger partial charge in [-0.3, -0.25) is 4.79 Å². The standard InChI is InChI=1S/C20H19ClN4O3S3/c1-27-15-8-7-13(17(9-15)28-2)10-22-23-18(26)12-30-20-25-24-19(31-20)29-11-14-5-3-4-6-16(14)21/h3-10H,11-12H2,1-2H3,(H,23,26). The van der Waals surface area contributed by atoms with E-state index in [1.807, 2.05) is 24.3 Å². The zero-order valence-electron chi connectivity index (χ0n) is 16.7. The molecule has 7 nitrogen and oxygen atoms in total. The highest BCUT2D eigenvalue weighted by Crippen LogP contribution is 2.32. The van der Waals surface area contributed by atoms with Crippen LogP contribution in [0.2, 0.25) is 5.02 Å². The summed E-state index contributed by atoms with van der Waals surface area (Å²) in [6.07, 6.45) is 1.52. The van der Waals surface area contributed by atoms with Gasteiger partial charge in [0.25, 0.3) is 5.91 Å². The molecule has 0 aliphatic carbocycles. The number of carbonyl (C=O) groups is 1. The average Bonchev–Trinajstić information content (AvgIpc) is 3.25. The molecule has 1 amide bonds. The number of carbonyl (C=O) groups excluding carboxylic acids is 1. The highest BCUT2D eigenvalue weighted by atomic mass is 35.5. The largest absolute Gasteiger partial charge is 0.497 e. The fourth-order valence-electron chi connectivity index (χ4n) is 2.33. The molecule has 2 aromatic carbocycles. The minimum absolute atomic E-state index is 0.181. The average molecular weight is 495 g/mol. The highest BCUT2D eigenvalue weighted by Gasteiger charge is 2.10. The number of thioether (sulfide) groups is 2. The molecule has 3 aromatic rings. The molecule has 1 aromatic heterocycles. The summed E-state index contributed by atoms with van der Waals surface area (Å²) in [7, 11) is 3.14. The van der Waals surface area contributed by atoms with E-state index in [0.717, 1.165) is 24.8 Å². The molecule has 1 N–H and O–H groups in total. The Morgan fingerprint density at radius 1 is 1.16 bits per heavy atom. The summed E-state index contributed by atoms with van der Waals surface area (Å²) < 4.78 is 12.0. The van der Waals surface area contributed by atoms with E-state index in [-0.39, 0.29) is 11.7 Å². The Morgan fingerprint density at radius 2 is 1.94 bits per heavy atom. The topological polar surface area (TPSA) is 85.7 Å². The number of hydrogen-bond acceptors (Lipinski definition) is 9. The van der Waals surface area contributed by atoms with Crippen molar-refractivity contribution in [3.8, 4) is 11.5 Å². The van der Waals surface area contributed by atoms with E-state index in [1.165, 1.54) is 29.3 Å². The minimum atomic E-state index is -0.241. The molecule has 0 saturated carbocycles. The zero-order valence-corrected chi connectivity index (χ0v) is 19.9. The second-order valence-electron chi connectivity index (χ2n) is 5.90. The van der Waals surface area contributed by atoms with Crippen LogP contribution in [-0.4, -0.2) is 42.3 Å². The van der Waals surface area contributed by atoms with Gasteiger partial charge in [-0.2, -0.15) is 5.10 Å². The van der Waals surface area contributed by atoms with Crippen LogP contribution in [0.15, 0.2) is 56.2 Å². The van der Waals surface area contributed by atoms with Gasteiger partial charge >= 0.3 is 0 Å². The number of rotatable bonds is 10. The molecule has 0 spiro atoms. The minimum Gasteiger partial charge on any atom is -0.497 e. The molecule has 0 saturated heterocycles. The quantitative estimate of drug-likeness (QED) is 0.247. The van der Waals surface area contributed by atoms with Crippen LogP contribution in [0.1, 0.15) is 11.1 Å². The molecule has 31 heavy (non-hydrogen) atoms. The van der Waals surface area contributed by atoms with E-state index >= 15 is 0 Å². The van der Waals surface area contributed by atoms with E-state index in [0.29, 0.717) is 17.3 Å². The first kappa shape index (κ1) is 23.4. The molecule has 0 aliphatic heterocycles. The fraction of sp³-hybridized carbons (Fsp3) is 0.200. The van der Waals surface area contributed by atoms with Gasteiger partial charge in [0, 0.05) is 22.4 Å². The lowest BCUT2D eigenvalue weighted by atomic mass is 10.2. The SMILES string of the molecule is COc1ccc(C=NNC(=O)CSc2nnc(SCc3ccccc3Cl)s2)c(OC)c1. The van der Waals surface area contributed by atoms with Gasteiger partial charge in [0.1, 0.15) is 11.5 Å². The Kier molecular flexibility index (Phi) is 9.01. The molecule has 0 bridgehead atoms. The summed E-state index contributed by atoms with van der Waals surface area (Å²) in [6, 6.07) is 13.0. The molecule has 11 heteroatoms. The predicted octanol–water partition coefficient (Wildman–Crippen LogP) is 4.74. The number of nitrogens with zero attached hydrogens (tertiary/aromatic N) is 3. The first-order valence-electron chi connectivity index (χ1n) is 8.95. The van der Waals surface area contributed by atoms with Crippen molar-refractivity contribution in [1.82, 2.24) is 15.6 Å². The Hall–Kier alpha value is -2.27. The number of benzene rings is 2.